The van der Waals surface area contributed by atoms with Crippen molar-refractivity contribution in [2.75, 3.05) is 4.90 Å². The quantitative estimate of drug-likeness (QED) is 0.175. The minimum atomic E-state index is 0.591. The van der Waals surface area contributed by atoms with E-state index in [0.29, 0.717) is 22.9 Å². The van der Waals surface area contributed by atoms with E-state index in [2.05, 4.69) is 95.9 Å². The van der Waals surface area contributed by atoms with Gasteiger partial charge in [0, 0.05) is 40.3 Å². The Morgan fingerprint density at radius 2 is 0.714 bits per heavy atom. The van der Waals surface area contributed by atoms with Crippen LogP contribution < -0.4 is 4.90 Å². The Kier molecular flexibility index (Phi) is 7.06. The highest BCUT2D eigenvalue weighted by atomic mass is 16.4. The smallest absolute Gasteiger partial charge is 0.227 e. The number of hydrogen-bond donors (Lipinski definition) is 0. The van der Waals surface area contributed by atoms with Crippen molar-refractivity contribution in [3.05, 3.63) is 176 Å². The van der Waals surface area contributed by atoms with Gasteiger partial charge in [0.15, 0.2) is 11.2 Å². The molecule has 0 aliphatic carbocycles. The fourth-order valence-electron chi connectivity index (χ4n) is 6.30. The highest BCUT2D eigenvalue weighted by molar-refractivity contribution is 5.91. The Hall–Kier alpha value is -6.72. The summed E-state index contributed by atoms with van der Waals surface area (Å²) in [7, 11) is 0. The third-order valence-corrected chi connectivity index (χ3v) is 8.69. The van der Waals surface area contributed by atoms with Crippen LogP contribution in [0.15, 0.2) is 185 Å². The summed E-state index contributed by atoms with van der Waals surface area (Å²) in [6.45, 7) is 0. The number of anilines is 3. The van der Waals surface area contributed by atoms with Crippen LogP contribution in [0.3, 0.4) is 0 Å². The minimum Gasteiger partial charge on any atom is -0.436 e. The van der Waals surface area contributed by atoms with Gasteiger partial charge in [0.1, 0.15) is 11.0 Å². The molecule has 0 aliphatic heterocycles. The molecular weight excluding hydrogens is 603 g/mol. The number of fused-ring (bicyclic) bond motifs is 2. The van der Waals surface area contributed by atoms with Crippen molar-refractivity contribution in [1.29, 1.82) is 0 Å². The molecule has 0 bridgehead atoms. The molecule has 0 radical (unpaired) electrons. The summed E-state index contributed by atoms with van der Waals surface area (Å²) < 4.78 is 12.7. The third kappa shape index (κ3) is 5.53. The van der Waals surface area contributed by atoms with E-state index in [4.69, 9.17) is 18.8 Å². The number of benzene rings is 7. The Bertz CT molecular complexity index is 2370. The standard InChI is InChI=1S/C44H29N3O2/c1-5-13-30(14-6-1)34-25-35(31-15-7-2-8-16-31)27-38(26-34)47(36-21-23-39-41(28-36)48-43(45-39)32-17-9-3-10-18-32)37-22-24-40-42(29-37)49-44(46-40)33-19-11-4-12-20-33/h1-29H. The molecule has 0 aliphatic rings. The van der Waals surface area contributed by atoms with Crippen LogP contribution in [0.4, 0.5) is 17.1 Å². The Balaban J connectivity index is 1.25. The zero-order chi connectivity index (χ0) is 32.6. The van der Waals surface area contributed by atoms with Gasteiger partial charge >= 0.3 is 0 Å². The predicted octanol–water partition coefficient (Wildman–Crippen LogP) is 12.1. The predicted molar refractivity (Wildman–Crippen MR) is 198 cm³/mol. The van der Waals surface area contributed by atoms with E-state index >= 15 is 0 Å². The van der Waals surface area contributed by atoms with Crippen molar-refractivity contribution < 1.29 is 8.83 Å². The van der Waals surface area contributed by atoms with E-state index in [-0.39, 0.29) is 0 Å². The lowest BCUT2D eigenvalue weighted by Crippen LogP contribution is -2.10. The van der Waals surface area contributed by atoms with Crippen LogP contribution in [0, 0.1) is 0 Å². The van der Waals surface area contributed by atoms with Crippen LogP contribution in [-0.4, -0.2) is 9.97 Å². The van der Waals surface area contributed by atoms with Crippen molar-refractivity contribution in [2.24, 2.45) is 0 Å². The second-order valence-corrected chi connectivity index (χ2v) is 11.9. The molecule has 0 amide bonds. The molecule has 9 aromatic rings. The second kappa shape index (κ2) is 12.1. The van der Waals surface area contributed by atoms with Crippen molar-refractivity contribution >= 4 is 39.3 Å². The normalized spacial score (nSPS) is 11.3. The van der Waals surface area contributed by atoms with Gasteiger partial charge in [-0.3, -0.25) is 0 Å². The Labute approximate surface area is 283 Å². The van der Waals surface area contributed by atoms with Gasteiger partial charge in [-0.1, -0.05) is 97.1 Å². The van der Waals surface area contributed by atoms with E-state index in [1.54, 1.807) is 0 Å². The Morgan fingerprint density at radius 3 is 1.12 bits per heavy atom. The van der Waals surface area contributed by atoms with E-state index in [0.717, 1.165) is 61.5 Å². The van der Waals surface area contributed by atoms with Crippen molar-refractivity contribution in [3.63, 3.8) is 0 Å². The molecule has 9 rings (SSSR count). The molecule has 0 fully saturated rings. The average molecular weight is 632 g/mol. The highest BCUT2D eigenvalue weighted by Crippen LogP contribution is 2.42. The number of aromatic nitrogens is 2. The van der Waals surface area contributed by atoms with Crippen LogP contribution in [0.5, 0.6) is 0 Å². The first-order valence-electron chi connectivity index (χ1n) is 16.2. The fourth-order valence-corrected chi connectivity index (χ4v) is 6.30. The topological polar surface area (TPSA) is 55.3 Å². The molecule has 5 heteroatoms. The van der Waals surface area contributed by atoms with Gasteiger partial charge in [0.05, 0.1) is 0 Å². The Morgan fingerprint density at radius 1 is 0.327 bits per heavy atom. The van der Waals surface area contributed by atoms with E-state index in [1.807, 2.05) is 84.9 Å². The number of rotatable bonds is 7. The molecule has 2 heterocycles. The molecule has 0 saturated heterocycles. The first-order valence-corrected chi connectivity index (χ1v) is 16.2. The molecule has 2 aromatic heterocycles. The van der Waals surface area contributed by atoms with Crippen LogP contribution >= 0.6 is 0 Å². The van der Waals surface area contributed by atoms with Gasteiger partial charge in [-0.05, 0) is 89.0 Å². The lowest BCUT2D eigenvalue weighted by atomic mass is 9.97. The first kappa shape index (κ1) is 28.5. The molecule has 49 heavy (non-hydrogen) atoms. The largest absolute Gasteiger partial charge is 0.436 e. The van der Waals surface area contributed by atoms with E-state index < -0.39 is 0 Å². The fraction of sp³-hybridized carbons (Fsp3) is 0. The average Bonchev–Trinajstić information content (AvgIpc) is 3.81. The van der Waals surface area contributed by atoms with Gasteiger partial charge < -0.3 is 13.7 Å². The molecule has 5 nitrogen and oxygen atoms in total. The van der Waals surface area contributed by atoms with Crippen molar-refractivity contribution in [2.45, 2.75) is 0 Å². The monoisotopic (exact) mass is 631 g/mol. The van der Waals surface area contributed by atoms with E-state index in [9.17, 15) is 0 Å². The lowest BCUT2D eigenvalue weighted by Gasteiger charge is -2.26. The molecule has 232 valence electrons. The SMILES string of the molecule is c1ccc(-c2cc(-c3ccccc3)cc(N(c3ccc4nc(-c5ccccc5)oc4c3)c3ccc4nc(-c5ccccc5)oc4c3)c2)cc1. The van der Waals surface area contributed by atoms with Crippen LogP contribution in [0.1, 0.15) is 0 Å². The molecule has 0 saturated carbocycles. The summed E-state index contributed by atoms with van der Waals surface area (Å²) in [6, 6.07) is 60.0. The summed E-state index contributed by atoms with van der Waals surface area (Å²) in [4.78, 5) is 11.8. The van der Waals surface area contributed by atoms with Gasteiger partial charge in [0.2, 0.25) is 11.8 Å². The molecule has 0 unspecified atom stereocenters. The van der Waals surface area contributed by atoms with Crippen molar-refractivity contribution in [1.82, 2.24) is 9.97 Å². The first-order chi connectivity index (χ1) is 24.2. The van der Waals surface area contributed by atoms with Crippen LogP contribution in [0.2, 0.25) is 0 Å². The van der Waals surface area contributed by atoms with E-state index in [1.165, 1.54) is 0 Å². The maximum absolute atomic E-state index is 6.36. The highest BCUT2D eigenvalue weighted by Gasteiger charge is 2.20. The number of hydrogen-bond acceptors (Lipinski definition) is 5. The molecule has 0 atom stereocenters. The summed E-state index contributed by atoms with van der Waals surface area (Å²) in [5.41, 5.74) is 12.2. The minimum absolute atomic E-state index is 0.591. The second-order valence-electron chi connectivity index (χ2n) is 11.9. The van der Waals surface area contributed by atoms with Gasteiger partial charge in [-0.15, -0.1) is 0 Å². The summed E-state index contributed by atoms with van der Waals surface area (Å²) >= 11 is 0. The molecule has 0 spiro atoms. The van der Waals surface area contributed by atoms with Gasteiger partial charge in [-0.2, -0.15) is 0 Å². The summed E-state index contributed by atoms with van der Waals surface area (Å²) in [6.07, 6.45) is 0. The zero-order valence-corrected chi connectivity index (χ0v) is 26.4. The summed E-state index contributed by atoms with van der Waals surface area (Å²) in [5, 5.41) is 0. The maximum Gasteiger partial charge on any atom is 0.227 e. The van der Waals surface area contributed by atoms with Gasteiger partial charge in [-0.25, -0.2) is 9.97 Å². The third-order valence-electron chi connectivity index (χ3n) is 8.69. The number of oxazole rings is 2. The van der Waals surface area contributed by atoms with Crippen LogP contribution in [-0.2, 0) is 0 Å². The van der Waals surface area contributed by atoms with Crippen molar-refractivity contribution in [3.8, 4) is 45.2 Å². The maximum atomic E-state index is 6.36. The molecule has 0 N–H and O–H groups in total. The summed E-state index contributed by atoms with van der Waals surface area (Å²) in [5.74, 6) is 1.18. The number of nitrogens with zero attached hydrogens (tertiary/aromatic N) is 3. The zero-order valence-electron chi connectivity index (χ0n) is 26.4. The lowest BCUT2D eigenvalue weighted by molar-refractivity contribution is 0.620. The molecular formula is C44H29N3O2. The van der Waals surface area contributed by atoms with Gasteiger partial charge in [0.25, 0.3) is 0 Å². The molecule has 7 aromatic carbocycles. The van der Waals surface area contributed by atoms with Crippen LogP contribution in [0.25, 0.3) is 67.4 Å².